The number of benzene rings is 2. The minimum Gasteiger partial charge on any atom is -0.497 e. The van der Waals surface area contributed by atoms with Crippen molar-refractivity contribution >= 4 is 79.3 Å². The highest BCUT2D eigenvalue weighted by atomic mass is 32.9. The lowest BCUT2D eigenvalue weighted by molar-refractivity contribution is 0.387. The maximum atomic E-state index is 5.97. The Morgan fingerprint density at radius 3 is 1.29 bits per heavy atom. The molecule has 0 saturated carbocycles. The van der Waals surface area contributed by atoms with Gasteiger partial charge in [-0.3, -0.25) is 0 Å². The molecular formula is C22H30N2O4P2S4. The predicted octanol–water partition coefficient (Wildman–Crippen LogP) is 6.56. The molecule has 0 aliphatic carbocycles. The van der Waals surface area contributed by atoms with Crippen molar-refractivity contribution in [1.29, 1.82) is 0 Å². The summed E-state index contributed by atoms with van der Waals surface area (Å²) < 4.78 is 22.4. The van der Waals surface area contributed by atoms with E-state index >= 15 is 0 Å². The second-order valence-electron chi connectivity index (χ2n) is 6.74. The maximum absolute atomic E-state index is 5.97. The molecule has 2 aromatic rings. The zero-order chi connectivity index (χ0) is 25.2. The third-order valence-electron chi connectivity index (χ3n) is 4.47. The summed E-state index contributed by atoms with van der Waals surface area (Å²) in [6.07, 6.45) is 0. The molecule has 12 heteroatoms. The molecule has 0 spiro atoms. The SMILES string of the molecule is CCSP(=S)(O/N=C(C)\C(C)=N\OP(=S)(SCC)c1ccc(OC)cc1)c1ccc(OC)cc1. The molecular weight excluding hydrogens is 546 g/mol. The summed E-state index contributed by atoms with van der Waals surface area (Å²) in [5, 5.41) is 10.5. The monoisotopic (exact) mass is 576 g/mol. The average Bonchev–Trinajstić information content (AvgIpc) is 2.86. The van der Waals surface area contributed by atoms with E-state index in [1.54, 1.807) is 37.0 Å². The number of hydrogen-bond donors (Lipinski definition) is 0. The van der Waals surface area contributed by atoms with E-state index in [0.29, 0.717) is 11.4 Å². The Morgan fingerprint density at radius 1 is 0.706 bits per heavy atom. The van der Waals surface area contributed by atoms with Crippen LogP contribution in [0, 0.1) is 0 Å². The standard InChI is InChI=1S/C22H30N2O4P2S4/c1-7-33-29(31,21-13-9-19(25-5)10-14-21)27-23-17(3)18(4)24-28-30(32,34-8-2)22-15-11-20(26-6)12-16-22/h9-16H,7-8H2,1-6H3/b23-17-,24-18+. The molecule has 0 N–H and O–H groups in total. The van der Waals surface area contributed by atoms with Crippen molar-refractivity contribution in [2.45, 2.75) is 27.7 Å². The van der Waals surface area contributed by atoms with E-state index in [-0.39, 0.29) is 0 Å². The third-order valence-corrected chi connectivity index (χ3v) is 16.9. The zero-order valence-electron chi connectivity index (χ0n) is 20.1. The number of rotatable bonds is 13. The number of hydrogen-bond acceptors (Lipinski definition) is 10. The summed E-state index contributed by atoms with van der Waals surface area (Å²) in [5.74, 6) is 3.16. The Morgan fingerprint density at radius 2 is 1.03 bits per heavy atom. The van der Waals surface area contributed by atoms with Gasteiger partial charge in [-0.05, 0) is 97.5 Å². The highest BCUT2D eigenvalue weighted by molar-refractivity contribution is 8.72. The molecule has 0 radical (unpaired) electrons. The highest BCUT2D eigenvalue weighted by Gasteiger charge is 2.24. The fourth-order valence-corrected chi connectivity index (χ4v) is 12.2. The fraction of sp³-hybridized carbons (Fsp3) is 0.364. The number of nitrogens with zero attached hydrogens (tertiary/aromatic N) is 2. The Balaban J connectivity index is 2.21. The molecule has 0 amide bonds. The highest BCUT2D eigenvalue weighted by Crippen LogP contribution is 2.60. The molecule has 2 unspecified atom stereocenters. The van der Waals surface area contributed by atoms with Crippen LogP contribution < -0.4 is 20.1 Å². The van der Waals surface area contributed by atoms with E-state index in [1.165, 1.54) is 0 Å². The summed E-state index contributed by atoms with van der Waals surface area (Å²) in [6, 6.07) is 15.3. The summed E-state index contributed by atoms with van der Waals surface area (Å²) in [7, 11) is 3.27. The number of methoxy groups -OCH3 is 2. The summed E-state index contributed by atoms with van der Waals surface area (Å²) in [5.41, 5.74) is -3.70. The number of oxime groups is 2. The summed E-state index contributed by atoms with van der Waals surface area (Å²) in [4.78, 5) is 0. The first kappa shape index (κ1) is 29.2. The van der Waals surface area contributed by atoms with Crippen molar-refractivity contribution in [1.82, 2.24) is 0 Å². The van der Waals surface area contributed by atoms with E-state index < -0.39 is 10.9 Å². The van der Waals surface area contributed by atoms with Gasteiger partial charge in [0.15, 0.2) is 0 Å². The van der Waals surface area contributed by atoms with Crippen molar-refractivity contribution in [2.24, 2.45) is 10.3 Å². The van der Waals surface area contributed by atoms with Gasteiger partial charge in [-0.15, -0.1) is 0 Å². The molecule has 0 fully saturated rings. The van der Waals surface area contributed by atoms with Crippen molar-refractivity contribution in [3.8, 4) is 11.5 Å². The van der Waals surface area contributed by atoms with Crippen molar-refractivity contribution in [2.75, 3.05) is 25.7 Å². The van der Waals surface area contributed by atoms with Gasteiger partial charge in [0.05, 0.1) is 14.2 Å². The summed E-state index contributed by atoms with van der Waals surface area (Å²) in [6.45, 7) is 7.73. The van der Waals surface area contributed by atoms with Crippen LogP contribution in [0.25, 0.3) is 0 Å². The molecule has 2 atom stereocenters. The van der Waals surface area contributed by atoms with Crippen LogP contribution in [0.2, 0.25) is 0 Å². The zero-order valence-corrected chi connectivity index (χ0v) is 25.1. The van der Waals surface area contributed by atoms with Crippen LogP contribution in [0.4, 0.5) is 0 Å². The maximum Gasteiger partial charge on any atom is 0.226 e. The van der Waals surface area contributed by atoms with Crippen LogP contribution in [0.15, 0.2) is 58.8 Å². The van der Waals surface area contributed by atoms with Gasteiger partial charge < -0.3 is 18.7 Å². The molecule has 0 bridgehead atoms. The molecule has 0 heterocycles. The molecule has 6 nitrogen and oxygen atoms in total. The molecule has 0 aliphatic rings. The normalized spacial score (nSPS) is 15.7. The van der Waals surface area contributed by atoms with E-state index in [9.17, 15) is 0 Å². The second kappa shape index (κ2) is 13.9. The Hall–Kier alpha value is -1.02. The van der Waals surface area contributed by atoms with Gasteiger partial charge in [-0.2, -0.15) is 0 Å². The number of ether oxygens (including phenoxy) is 2. The molecule has 0 aromatic heterocycles. The van der Waals surface area contributed by atoms with Gasteiger partial charge in [-0.1, -0.05) is 46.9 Å². The van der Waals surface area contributed by atoms with E-state index in [4.69, 9.17) is 42.3 Å². The first-order valence-corrected chi connectivity index (χ1v) is 19.1. The van der Waals surface area contributed by atoms with Crippen LogP contribution in [-0.4, -0.2) is 37.1 Å². The average molecular weight is 577 g/mol. The molecule has 0 saturated heterocycles. The van der Waals surface area contributed by atoms with Crippen LogP contribution in [0.5, 0.6) is 11.5 Å². The first-order chi connectivity index (χ1) is 16.2. The molecule has 0 aliphatic heterocycles. The van der Waals surface area contributed by atoms with Crippen LogP contribution >= 0.6 is 33.7 Å². The van der Waals surface area contributed by atoms with Gasteiger partial charge in [0.25, 0.3) is 0 Å². The minimum atomic E-state index is -2.43. The topological polar surface area (TPSA) is 61.6 Å². The van der Waals surface area contributed by atoms with E-state index in [2.05, 4.69) is 10.3 Å². The van der Waals surface area contributed by atoms with Gasteiger partial charge in [0, 0.05) is 10.6 Å². The van der Waals surface area contributed by atoms with Crippen LogP contribution in [0.3, 0.4) is 0 Å². The minimum absolute atomic E-state index is 0.581. The third kappa shape index (κ3) is 8.00. The second-order valence-corrected chi connectivity index (χ2v) is 20.9. The van der Waals surface area contributed by atoms with Gasteiger partial charge >= 0.3 is 0 Å². The fourth-order valence-electron chi connectivity index (χ4n) is 2.52. The Kier molecular flexibility index (Phi) is 11.9. The Labute approximate surface area is 220 Å². The lowest BCUT2D eigenvalue weighted by Gasteiger charge is -2.20. The molecule has 186 valence electrons. The molecule has 2 rings (SSSR count). The first-order valence-electron chi connectivity index (χ1n) is 10.5. The lowest BCUT2D eigenvalue weighted by Crippen LogP contribution is -2.10. The quantitative estimate of drug-likeness (QED) is 0.151. The van der Waals surface area contributed by atoms with Gasteiger partial charge in [0.2, 0.25) is 10.9 Å². The Bertz CT molecular complexity index is 1010. The van der Waals surface area contributed by atoms with Gasteiger partial charge in [0.1, 0.15) is 22.9 Å². The van der Waals surface area contributed by atoms with Crippen molar-refractivity contribution < 1.29 is 18.7 Å². The predicted molar refractivity (Wildman–Crippen MR) is 158 cm³/mol. The molecule has 34 heavy (non-hydrogen) atoms. The lowest BCUT2D eigenvalue weighted by atomic mass is 10.3. The van der Waals surface area contributed by atoms with E-state index in [0.717, 1.165) is 33.6 Å². The van der Waals surface area contributed by atoms with Gasteiger partial charge in [-0.25, -0.2) is 0 Å². The van der Waals surface area contributed by atoms with Crippen LogP contribution in [-0.2, 0) is 32.9 Å². The van der Waals surface area contributed by atoms with Crippen molar-refractivity contribution in [3.05, 3.63) is 48.5 Å². The molecule has 2 aromatic carbocycles. The largest absolute Gasteiger partial charge is 0.497 e. The van der Waals surface area contributed by atoms with Crippen LogP contribution in [0.1, 0.15) is 27.7 Å². The van der Waals surface area contributed by atoms with E-state index in [1.807, 2.05) is 76.2 Å². The van der Waals surface area contributed by atoms with Crippen molar-refractivity contribution in [3.63, 3.8) is 0 Å². The smallest absolute Gasteiger partial charge is 0.226 e. The summed E-state index contributed by atoms with van der Waals surface area (Å²) >= 11 is 15.0.